The van der Waals surface area contributed by atoms with Gasteiger partial charge in [-0.15, -0.1) is 0 Å². The van der Waals surface area contributed by atoms with Crippen molar-refractivity contribution in [2.24, 2.45) is 23.5 Å². The highest BCUT2D eigenvalue weighted by atomic mass is 16.5. The van der Waals surface area contributed by atoms with Crippen LogP contribution in [0.5, 0.6) is 0 Å². The maximum Gasteiger partial charge on any atom is 0.230 e. The maximum atomic E-state index is 6.59. The molecule has 0 spiro atoms. The monoisotopic (exact) mass is 289 g/mol. The highest BCUT2D eigenvalue weighted by Crippen LogP contribution is 2.60. The fourth-order valence-electron chi connectivity index (χ4n) is 4.76. The minimum absolute atomic E-state index is 0.340. The highest BCUT2D eigenvalue weighted by molar-refractivity contribution is 5.16. The molecule has 2 unspecified atom stereocenters. The molecule has 1 heterocycles. The van der Waals surface area contributed by atoms with Crippen LogP contribution in [0.25, 0.3) is 0 Å². The van der Waals surface area contributed by atoms with E-state index in [0.717, 1.165) is 42.3 Å². The fraction of sp³-hybridized carbons (Fsp3) is 0.882. The third-order valence-electron chi connectivity index (χ3n) is 6.40. The van der Waals surface area contributed by atoms with Crippen LogP contribution in [0.4, 0.5) is 0 Å². The lowest BCUT2D eigenvalue weighted by atomic mass is 9.76. The molecule has 1 aromatic heterocycles. The Labute approximate surface area is 126 Å². The van der Waals surface area contributed by atoms with Gasteiger partial charge in [0.2, 0.25) is 5.89 Å². The smallest absolute Gasteiger partial charge is 0.230 e. The van der Waals surface area contributed by atoms with Crippen molar-refractivity contribution in [3.8, 4) is 0 Å². The second kappa shape index (κ2) is 5.08. The van der Waals surface area contributed by atoms with Crippen molar-refractivity contribution < 1.29 is 4.52 Å². The lowest BCUT2D eigenvalue weighted by molar-refractivity contribution is 0.216. The number of nitrogens with zero attached hydrogens (tertiary/aromatic N) is 2. The molecule has 2 N–H and O–H groups in total. The Balaban J connectivity index is 1.47. The summed E-state index contributed by atoms with van der Waals surface area (Å²) < 4.78 is 5.61. The van der Waals surface area contributed by atoms with Gasteiger partial charge in [0.25, 0.3) is 0 Å². The average molecular weight is 289 g/mol. The van der Waals surface area contributed by atoms with Crippen LogP contribution >= 0.6 is 0 Å². The zero-order chi connectivity index (χ0) is 14.4. The van der Waals surface area contributed by atoms with Crippen molar-refractivity contribution in [2.45, 2.75) is 76.2 Å². The van der Waals surface area contributed by atoms with Crippen molar-refractivity contribution >= 4 is 0 Å². The van der Waals surface area contributed by atoms with Crippen LogP contribution in [-0.2, 0) is 5.54 Å². The first-order valence-electron chi connectivity index (χ1n) is 8.84. The summed E-state index contributed by atoms with van der Waals surface area (Å²) in [6.07, 6.45) is 11.1. The first-order valence-corrected chi connectivity index (χ1v) is 8.84. The number of nitrogens with two attached hydrogens (primary N) is 1. The van der Waals surface area contributed by atoms with E-state index in [1.807, 2.05) is 0 Å². The predicted octanol–water partition coefficient (Wildman–Crippen LogP) is 3.73. The molecule has 21 heavy (non-hydrogen) atoms. The van der Waals surface area contributed by atoms with Crippen molar-refractivity contribution in [2.75, 3.05) is 0 Å². The first kappa shape index (κ1) is 13.7. The minimum atomic E-state index is -0.340. The van der Waals surface area contributed by atoms with Gasteiger partial charge in [0.15, 0.2) is 5.82 Å². The summed E-state index contributed by atoms with van der Waals surface area (Å²) in [5.74, 6) is 4.66. The molecule has 0 aromatic carbocycles. The summed E-state index contributed by atoms with van der Waals surface area (Å²) in [5.41, 5.74) is 6.25. The standard InChI is InChI=1S/C17H27N3O/c1-2-11-7-9-17(18,10-8-11)16-19-15(21-20-16)14-12-5-3-4-6-13(12)14/h11-14H,2-10,18H2,1H3. The quantitative estimate of drug-likeness (QED) is 0.921. The van der Waals surface area contributed by atoms with Crippen molar-refractivity contribution in [1.82, 2.24) is 10.1 Å². The Bertz CT molecular complexity index is 492. The number of fused-ring (bicyclic) bond motifs is 1. The summed E-state index contributed by atoms with van der Waals surface area (Å²) in [7, 11) is 0. The molecule has 2 atom stereocenters. The molecule has 1 aromatic rings. The van der Waals surface area contributed by atoms with Gasteiger partial charge >= 0.3 is 0 Å². The van der Waals surface area contributed by atoms with Crippen LogP contribution in [0, 0.1) is 17.8 Å². The van der Waals surface area contributed by atoms with E-state index in [1.165, 1.54) is 44.9 Å². The van der Waals surface area contributed by atoms with Gasteiger partial charge in [-0.05, 0) is 56.3 Å². The van der Waals surface area contributed by atoms with Gasteiger partial charge < -0.3 is 10.3 Å². The third kappa shape index (κ3) is 2.32. The van der Waals surface area contributed by atoms with E-state index in [0.29, 0.717) is 5.92 Å². The van der Waals surface area contributed by atoms with Crippen molar-refractivity contribution in [3.63, 3.8) is 0 Å². The molecular formula is C17H27N3O. The second-order valence-electron chi connectivity index (χ2n) is 7.60. The molecule has 0 amide bonds. The third-order valence-corrected chi connectivity index (χ3v) is 6.40. The first-order chi connectivity index (χ1) is 10.2. The predicted molar refractivity (Wildman–Crippen MR) is 80.6 cm³/mol. The normalized spacial score (nSPS) is 42.6. The van der Waals surface area contributed by atoms with E-state index in [9.17, 15) is 0 Å². The molecular weight excluding hydrogens is 262 g/mol. The number of aromatic nitrogens is 2. The van der Waals surface area contributed by atoms with Crippen molar-refractivity contribution in [3.05, 3.63) is 11.7 Å². The topological polar surface area (TPSA) is 64.9 Å². The molecule has 0 bridgehead atoms. The van der Waals surface area contributed by atoms with Gasteiger partial charge in [-0.25, -0.2) is 0 Å². The lowest BCUT2D eigenvalue weighted by Gasteiger charge is -2.34. The molecule has 116 valence electrons. The summed E-state index contributed by atoms with van der Waals surface area (Å²) in [4.78, 5) is 4.74. The summed E-state index contributed by atoms with van der Waals surface area (Å²) in [5, 5.41) is 4.27. The Morgan fingerprint density at radius 2 is 1.81 bits per heavy atom. The molecule has 0 radical (unpaired) electrons. The van der Waals surface area contributed by atoms with E-state index in [1.54, 1.807) is 0 Å². The molecule has 0 aliphatic heterocycles. The SMILES string of the molecule is CCC1CCC(N)(c2noc(C3C4CCCCC43)n2)CC1. The van der Waals surface area contributed by atoms with Gasteiger partial charge in [-0.1, -0.05) is 31.3 Å². The minimum Gasteiger partial charge on any atom is -0.339 e. The van der Waals surface area contributed by atoms with E-state index in [2.05, 4.69) is 12.1 Å². The van der Waals surface area contributed by atoms with E-state index >= 15 is 0 Å². The lowest BCUT2D eigenvalue weighted by Crippen LogP contribution is -2.41. The highest BCUT2D eigenvalue weighted by Gasteiger charge is 2.54. The summed E-state index contributed by atoms with van der Waals surface area (Å²) >= 11 is 0. The van der Waals surface area contributed by atoms with Gasteiger partial charge in [-0.2, -0.15) is 4.98 Å². The zero-order valence-corrected chi connectivity index (χ0v) is 13.1. The van der Waals surface area contributed by atoms with Gasteiger partial charge in [0, 0.05) is 5.92 Å². The molecule has 3 saturated carbocycles. The van der Waals surface area contributed by atoms with Crippen LogP contribution < -0.4 is 5.73 Å². The Hall–Kier alpha value is -0.900. The van der Waals surface area contributed by atoms with Crippen molar-refractivity contribution in [1.29, 1.82) is 0 Å². The average Bonchev–Trinajstić information content (AvgIpc) is 3.03. The summed E-state index contributed by atoms with van der Waals surface area (Å²) in [6.45, 7) is 2.27. The van der Waals surface area contributed by atoms with Gasteiger partial charge in [0.05, 0.1) is 5.54 Å². The molecule has 4 nitrogen and oxygen atoms in total. The molecule has 4 rings (SSSR count). The molecule has 0 saturated heterocycles. The number of hydrogen-bond acceptors (Lipinski definition) is 4. The molecule has 4 heteroatoms. The molecule has 3 fully saturated rings. The second-order valence-corrected chi connectivity index (χ2v) is 7.60. The Morgan fingerprint density at radius 1 is 1.14 bits per heavy atom. The van der Waals surface area contributed by atoms with E-state index in [-0.39, 0.29) is 5.54 Å². The number of rotatable bonds is 3. The van der Waals surface area contributed by atoms with Crippen LogP contribution in [0.1, 0.15) is 82.3 Å². The zero-order valence-electron chi connectivity index (χ0n) is 13.1. The van der Waals surface area contributed by atoms with Crippen LogP contribution in [0.2, 0.25) is 0 Å². The van der Waals surface area contributed by atoms with Crippen LogP contribution in [-0.4, -0.2) is 10.1 Å². The Kier molecular flexibility index (Phi) is 3.32. The maximum absolute atomic E-state index is 6.59. The number of hydrogen-bond donors (Lipinski definition) is 1. The molecule has 3 aliphatic rings. The molecule has 3 aliphatic carbocycles. The van der Waals surface area contributed by atoms with E-state index < -0.39 is 0 Å². The largest absolute Gasteiger partial charge is 0.339 e. The summed E-state index contributed by atoms with van der Waals surface area (Å²) in [6, 6.07) is 0. The van der Waals surface area contributed by atoms with Gasteiger partial charge in [-0.3, -0.25) is 0 Å². The van der Waals surface area contributed by atoms with Crippen LogP contribution in [0.3, 0.4) is 0 Å². The van der Waals surface area contributed by atoms with Gasteiger partial charge in [0.1, 0.15) is 0 Å². The van der Waals surface area contributed by atoms with E-state index in [4.69, 9.17) is 15.2 Å². The Morgan fingerprint density at radius 3 is 2.43 bits per heavy atom. The van der Waals surface area contributed by atoms with Crippen LogP contribution in [0.15, 0.2) is 4.52 Å². The fourth-order valence-corrected chi connectivity index (χ4v) is 4.76.